The second-order valence-corrected chi connectivity index (χ2v) is 7.20. The van der Waals surface area contributed by atoms with Crippen LogP contribution < -0.4 is 4.74 Å². The number of nitrogens with zero attached hydrogens (tertiary/aromatic N) is 1. The first-order valence-corrected chi connectivity index (χ1v) is 9.26. The number of benzene rings is 2. The third kappa shape index (κ3) is 3.29. The minimum absolute atomic E-state index is 0.273. The van der Waals surface area contributed by atoms with Crippen LogP contribution in [0.4, 0.5) is 0 Å². The van der Waals surface area contributed by atoms with Crippen molar-refractivity contribution in [1.29, 1.82) is 0 Å². The molecule has 0 aliphatic heterocycles. The van der Waals surface area contributed by atoms with Gasteiger partial charge in [0, 0.05) is 27.7 Å². The average molecular weight is 370 g/mol. The molecule has 4 rings (SSSR count). The molecule has 1 saturated carbocycles. The van der Waals surface area contributed by atoms with Crippen LogP contribution in [0.5, 0.6) is 5.75 Å². The highest BCUT2D eigenvalue weighted by Crippen LogP contribution is 2.30. The molecule has 1 aliphatic rings. The Morgan fingerprint density at radius 2 is 2.00 bits per heavy atom. The SMILES string of the molecule is O=C(O)c1cccc2c1ccn2Cc1cc(Cl)ccc1OC1CCCC1. The highest BCUT2D eigenvalue weighted by atomic mass is 35.5. The second-order valence-electron chi connectivity index (χ2n) is 6.76. The van der Waals surface area contributed by atoms with Gasteiger partial charge in [-0.2, -0.15) is 0 Å². The summed E-state index contributed by atoms with van der Waals surface area (Å²) < 4.78 is 8.25. The van der Waals surface area contributed by atoms with Crippen molar-refractivity contribution in [2.24, 2.45) is 0 Å². The summed E-state index contributed by atoms with van der Waals surface area (Å²) >= 11 is 6.22. The number of fused-ring (bicyclic) bond motifs is 1. The summed E-state index contributed by atoms with van der Waals surface area (Å²) in [5.41, 5.74) is 2.20. The molecule has 5 heteroatoms. The molecule has 26 heavy (non-hydrogen) atoms. The highest BCUT2D eigenvalue weighted by Gasteiger charge is 2.19. The fourth-order valence-corrected chi connectivity index (χ4v) is 3.90. The third-order valence-corrected chi connectivity index (χ3v) is 5.24. The van der Waals surface area contributed by atoms with Crippen LogP contribution in [0.15, 0.2) is 48.7 Å². The monoisotopic (exact) mass is 369 g/mol. The Hall–Kier alpha value is -2.46. The Kier molecular flexibility index (Phi) is 4.60. The summed E-state index contributed by atoms with van der Waals surface area (Å²) in [7, 11) is 0. The minimum atomic E-state index is -0.915. The van der Waals surface area contributed by atoms with Crippen LogP contribution in [0.1, 0.15) is 41.6 Å². The Morgan fingerprint density at radius 1 is 1.19 bits per heavy atom. The predicted octanol–water partition coefficient (Wildman–Crippen LogP) is 5.36. The van der Waals surface area contributed by atoms with E-state index in [9.17, 15) is 9.90 Å². The summed E-state index contributed by atoms with van der Waals surface area (Å²) in [5, 5.41) is 10.8. The summed E-state index contributed by atoms with van der Waals surface area (Å²) in [5.74, 6) is -0.0566. The third-order valence-electron chi connectivity index (χ3n) is 5.00. The topological polar surface area (TPSA) is 51.5 Å². The van der Waals surface area contributed by atoms with Crippen molar-refractivity contribution in [2.75, 3.05) is 0 Å². The van der Waals surface area contributed by atoms with Gasteiger partial charge in [0.2, 0.25) is 0 Å². The van der Waals surface area contributed by atoms with Gasteiger partial charge in [-0.3, -0.25) is 0 Å². The Balaban J connectivity index is 1.69. The van der Waals surface area contributed by atoms with E-state index in [1.54, 1.807) is 12.1 Å². The van der Waals surface area contributed by atoms with Crippen LogP contribution in [0.3, 0.4) is 0 Å². The Bertz CT molecular complexity index is 957. The highest BCUT2D eigenvalue weighted by molar-refractivity contribution is 6.30. The van der Waals surface area contributed by atoms with E-state index in [0.717, 1.165) is 35.1 Å². The van der Waals surface area contributed by atoms with Gasteiger partial charge in [-0.1, -0.05) is 17.7 Å². The molecule has 1 fully saturated rings. The molecular formula is C21H20ClNO3. The van der Waals surface area contributed by atoms with Gasteiger partial charge in [-0.15, -0.1) is 0 Å². The molecule has 0 amide bonds. The Labute approximate surface area is 157 Å². The summed E-state index contributed by atoms with van der Waals surface area (Å²) in [6.45, 7) is 0.579. The van der Waals surface area contributed by atoms with E-state index in [1.807, 2.05) is 41.1 Å². The van der Waals surface area contributed by atoms with E-state index in [1.165, 1.54) is 12.8 Å². The zero-order chi connectivity index (χ0) is 18.1. The lowest BCUT2D eigenvalue weighted by Crippen LogP contribution is -2.13. The van der Waals surface area contributed by atoms with Gasteiger partial charge in [0.15, 0.2) is 0 Å². The number of rotatable bonds is 5. The molecule has 0 bridgehead atoms. The van der Waals surface area contributed by atoms with Gasteiger partial charge in [0.25, 0.3) is 0 Å². The largest absolute Gasteiger partial charge is 0.490 e. The van der Waals surface area contributed by atoms with Gasteiger partial charge in [0.1, 0.15) is 5.75 Å². The van der Waals surface area contributed by atoms with Crippen molar-refractivity contribution in [3.8, 4) is 5.75 Å². The molecule has 0 spiro atoms. The number of ether oxygens (including phenoxy) is 1. The van der Waals surface area contributed by atoms with Crippen LogP contribution in [0, 0.1) is 0 Å². The number of aromatic nitrogens is 1. The van der Waals surface area contributed by atoms with E-state index < -0.39 is 5.97 Å². The maximum atomic E-state index is 11.4. The van der Waals surface area contributed by atoms with Crippen LogP contribution in [0.25, 0.3) is 10.9 Å². The van der Waals surface area contributed by atoms with Crippen LogP contribution >= 0.6 is 11.6 Å². The normalized spacial score (nSPS) is 14.8. The van der Waals surface area contributed by atoms with Crippen molar-refractivity contribution < 1.29 is 14.6 Å². The maximum absolute atomic E-state index is 11.4. The first kappa shape index (κ1) is 17.0. The van der Waals surface area contributed by atoms with Crippen LogP contribution in [0.2, 0.25) is 5.02 Å². The van der Waals surface area contributed by atoms with E-state index in [-0.39, 0.29) is 6.10 Å². The molecule has 4 nitrogen and oxygen atoms in total. The summed E-state index contributed by atoms with van der Waals surface area (Å²) in [6, 6.07) is 12.9. The quantitative estimate of drug-likeness (QED) is 0.658. The number of hydrogen-bond donors (Lipinski definition) is 1. The zero-order valence-corrected chi connectivity index (χ0v) is 15.1. The minimum Gasteiger partial charge on any atom is -0.490 e. The molecule has 1 heterocycles. The molecule has 1 aliphatic carbocycles. The van der Waals surface area contributed by atoms with Gasteiger partial charge < -0.3 is 14.4 Å². The molecule has 0 unspecified atom stereocenters. The van der Waals surface area contributed by atoms with E-state index in [2.05, 4.69) is 0 Å². The molecule has 1 N–H and O–H groups in total. The lowest BCUT2D eigenvalue weighted by atomic mass is 10.1. The van der Waals surface area contributed by atoms with Crippen molar-refractivity contribution in [1.82, 2.24) is 4.57 Å². The molecular weight excluding hydrogens is 350 g/mol. The van der Waals surface area contributed by atoms with E-state index in [4.69, 9.17) is 16.3 Å². The predicted molar refractivity (Wildman–Crippen MR) is 102 cm³/mol. The van der Waals surface area contributed by atoms with E-state index >= 15 is 0 Å². The number of carbonyl (C=O) groups is 1. The van der Waals surface area contributed by atoms with Crippen LogP contribution in [-0.2, 0) is 6.54 Å². The molecule has 0 saturated heterocycles. The second kappa shape index (κ2) is 7.04. The zero-order valence-electron chi connectivity index (χ0n) is 14.3. The molecule has 3 aromatic rings. The van der Waals surface area contributed by atoms with Crippen molar-refractivity contribution in [3.05, 3.63) is 64.8 Å². The molecule has 0 atom stereocenters. The van der Waals surface area contributed by atoms with Gasteiger partial charge >= 0.3 is 5.97 Å². The number of hydrogen-bond acceptors (Lipinski definition) is 2. The Morgan fingerprint density at radius 3 is 2.77 bits per heavy atom. The fraction of sp³-hybridized carbons (Fsp3) is 0.286. The molecule has 2 aromatic carbocycles. The van der Waals surface area contributed by atoms with Crippen LogP contribution in [-0.4, -0.2) is 21.7 Å². The van der Waals surface area contributed by atoms with Crippen molar-refractivity contribution in [2.45, 2.75) is 38.3 Å². The first-order valence-electron chi connectivity index (χ1n) is 8.88. The molecule has 134 valence electrons. The van der Waals surface area contributed by atoms with Gasteiger partial charge in [-0.25, -0.2) is 4.79 Å². The standard InChI is InChI=1S/C21H20ClNO3/c22-15-8-9-20(26-16-4-1-2-5-16)14(12-15)13-23-11-10-17-18(21(24)25)6-3-7-19(17)23/h3,6-12,16H,1-2,4-5,13H2,(H,24,25). The van der Waals surface area contributed by atoms with Crippen molar-refractivity contribution in [3.63, 3.8) is 0 Å². The maximum Gasteiger partial charge on any atom is 0.336 e. The molecule has 1 aromatic heterocycles. The van der Waals surface area contributed by atoms with Crippen molar-refractivity contribution >= 4 is 28.5 Å². The van der Waals surface area contributed by atoms with E-state index in [0.29, 0.717) is 17.1 Å². The lowest BCUT2D eigenvalue weighted by Gasteiger charge is -2.17. The number of aromatic carboxylic acids is 1. The first-order chi connectivity index (χ1) is 12.6. The summed E-state index contributed by atoms with van der Waals surface area (Å²) in [6.07, 6.45) is 6.81. The molecule has 0 radical (unpaired) electrons. The number of halogens is 1. The fourth-order valence-electron chi connectivity index (χ4n) is 3.70. The smallest absolute Gasteiger partial charge is 0.336 e. The number of carboxylic acids is 1. The summed E-state index contributed by atoms with van der Waals surface area (Å²) in [4.78, 5) is 11.4. The average Bonchev–Trinajstić information content (AvgIpc) is 3.27. The lowest BCUT2D eigenvalue weighted by molar-refractivity contribution is 0.0699. The van der Waals surface area contributed by atoms with Gasteiger partial charge in [0.05, 0.1) is 18.2 Å². The number of carboxylic acid groups (broad SMARTS) is 1. The van der Waals surface area contributed by atoms with Gasteiger partial charge in [-0.05, 0) is 62.1 Å².